The highest BCUT2D eigenvalue weighted by Crippen LogP contribution is 2.41. The average Bonchev–Trinajstić information content (AvgIpc) is 3.02. The fraction of sp³-hybridized carbons (Fsp3) is 0.286. The van der Waals surface area contributed by atoms with Crippen molar-refractivity contribution in [3.8, 4) is 11.1 Å². The molecule has 2 aliphatic heterocycles. The number of aromatic carboxylic acids is 1. The summed E-state index contributed by atoms with van der Waals surface area (Å²) in [6.45, 7) is 5.07. The van der Waals surface area contributed by atoms with Crippen LogP contribution in [0.5, 0.6) is 0 Å². The number of halogens is 1. The van der Waals surface area contributed by atoms with E-state index in [2.05, 4.69) is 14.9 Å². The van der Waals surface area contributed by atoms with Crippen LogP contribution in [0.25, 0.3) is 22.0 Å². The van der Waals surface area contributed by atoms with Crippen molar-refractivity contribution in [3.05, 3.63) is 47.2 Å². The van der Waals surface area contributed by atoms with Gasteiger partial charge in [-0.15, -0.1) is 0 Å². The van der Waals surface area contributed by atoms with E-state index in [1.165, 1.54) is 6.20 Å². The predicted molar refractivity (Wildman–Crippen MR) is 110 cm³/mol. The molecule has 0 bridgehead atoms. The van der Waals surface area contributed by atoms with E-state index in [9.17, 15) is 14.7 Å². The summed E-state index contributed by atoms with van der Waals surface area (Å²) in [5.41, 5.74) is 2.71. The van der Waals surface area contributed by atoms with Crippen molar-refractivity contribution in [2.75, 3.05) is 31.1 Å². The molecule has 2 N–H and O–H groups in total. The fourth-order valence-electron chi connectivity index (χ4n) is 4.39. The van der Waals surface area contributed by atoms with Gasteiger partial charge in [0, 0.05) is 72.9 Å². The summed E-state index contributed by atoms with van der Waals surface area (Å²) in [6.07, 6.45) is 3.24. The predicted octanol–water partition coefficient (Wildman–Crippen LogP) is 3.25. The van der Waals surface area contributed by atoms with Crippen LogP contribution in [0.1, 0.15) is 17.3 Å². The quantitative estimate of drug-likeness (QED) is 0.691. The summed E-state index contributed by atoms with van der Waals surface area (Å²) in [6, 6.07) is 7.44. The summed E-state index contributed by atoms with van der Waals surface area (Å²) in [5.74, 6) is 0.0497. The molecule has 0 saturated carbocycles. The summed E-state index contributed by atoms with van der Waals surface area (Å²) >= 11 is 6.43. The molecule has 7 nitrogen and oxygen atoms in total. The molecule has 0 radical (unpaired) electrons. The number of carbonyl (C=O) groups excluding carboxylic acids is 1. The second-order valence-electron chi connectivity index (χ2n) is 8.02. The van der Waals surface area contributed by atoms with Gasteiger partial charge in [0.2, 0.25) is 5.91 Å². The number of carbonyl (C=O) groups is 2. The zero-order valence-corrected chi connectivity index (χ0v) is 16.5. The lowest BCUT2D eigenvalue weighted by molar-refractivity contribution is -0.142. The van der Waals surface area contributed by atoms with Gasteiger partial charge in [0.15, 0.2) is 0 Å². The molecule has 148 valence electrons. The Kier molecular flexibility index (Phi) is 3.86. The maximum absolute atomic E-state index is 11.4. The maximum Gasteiger partial charge on any atom is 0.337 e. The molecule has 2 saturated heterocycles. The van der Waals surface area contributed by atoms with Crippen LogP contribution in [-0.4, -0.2) is 58.0 Å². The first kappa shape index (κ1) is 18.0. The molecule has 5 rings (SSSR count). The molecule has 3 aromatic rings. The van der Waals surface area contributed by atoms with Crippen molar-refractivity contribution in [3.63, 3.8) is 0 Å². The minimum Gasteiger partial charge on any atom is -0.478 e. The number of pyridine rings is 1. The number of anilines is 1. The highest BCUT2D eigenvalue weighted by molar-refractivity contribution is 6.34. The number of aromatic amines is 1. The van der Waals surface area contributed by atoms with Gasteiger partial charge in [-0.25, -0.2) is 9.78 Å². The topological polar surface area (TPSA) is 89.5 Å². The molecule has 2 aliphatic rings. The number of hydrogen-bond donors (Lipinski definition) is 2. The van der Waals surface area contributed by atoms with Gasteiger partial charge in [-0.3, -0.25) is 4.79 Å². The third-order valence-electron chi connectivity index (χ3n) is 5.93. The third-order valence-corrected chi connectivity index (χ3v) is 6.25. The number of H-pyrrole nitrogens is 1. The fourth-order valence-corrected chi connectivity index (χ4v) is 4.66. The number of rotatable bonds is 3. The van der Waals surface area contributed by atoms with Gasteiger partial charge in [0.05, 0.1) is 10.6 Å². The van der Waals surface area contributed by atoms with Gasteiger partial charge in [-0.05, 0) is 24.3 Å². The summed E-state index contributed by atoms with van der Waals surface area (Å²) < 4.78 is 0. The molecule has 0 unspecified atom stereocenters. The van der Waals surface area contributed by atoms with Gasteiger partial charge in [-0.2, -0.15) is 0 Å². The molecule has 4 heterocycles. The number of nitrogens with zero attached hydrogens (tertiary/aromatic N) is 3. The van der Waals surface area contributed by atoms with Crippen LogP contribution in [0.4, 0.5) is 5.82 Å². The first-order chi connectivity index (χ1) is 13.8. The number of carboxylic acid groups (broad SMARTS) is 1. The second kappa shape index (κ2) is 6.22. The number of amides is 1. The lowest BCUT2D eigenvalue weighted by atomic mass is 9.73. The zero-order valence-electron chi connectivity index (χ0n) is 15.8. The van der Waals surface area contributed by atoms with E-state index in [0.717, 1.165) is 43.1 Å². The highest BCUT2D eigenvalue weighted by atomic mass is 35.5. The Morgan fingerprint density at radius 2 is 1.97 bits per heavy atom. The van der Waals surface area contributed by atoms with Crippen molar-refractivity contribution >= 4 is 40.2 Å². The standard InChI is InChI=1S/C21H19ClN4O3/c1-12(27)25-8-21(9-25)10-26(11-21)19-3-2-13(6-24-19)14-4-15-16(20(28)29)7-23-18(15)5-17(14)22/h2-7,23H,8-11H2,1H3,(H,28,29). The van der Waals surface area contributed by atoms with E-state index in [4.69, 9.17) is 11.6 Å². The molecule has 8 heteroatoms. The Morgan fingerprint density at radius 1 is 1.21 bits per heavy atom. The molecule has 0 atom stereocenters. The number of hydrogen-bond acceptors (Lipinski definition) is 4. The molecular weight excluding hydrogens is 392 g/mol. The Hall–Kier alpha value is -3.06. The molecular formula is C21H19ClN4O3. The van der Waals surface area contributed by atoms with E-state index in [1.54, 1.807) is 25.3 Å². The molecule has 0 aliphatic carbocycles. The zero-order chi connectivity index (χ0) is 20.3. The second-order valence-corrected chi connectivity index (χ2v) is 8.43. The molecule has 2 aromatic heterocycles. The number of aromatic nitrogens is 2. The third kappa shape index (κ3) is 2.84. The van der Waals surface area contributed by atoms with E-state index < -0.39 is 5.97 Å². The van der Waals surface area contributed by atoms with Crippen LogP contribution >= 0.6 is 11.6 Å². The molecule has 1 aromatic carbocycles. The lowest BCUT2D eigenvalue weighted by Gasteiger charge is -2.60. The monoisotopic (exact) mass is 410 g/mol. The number of likely N-dealkylation sites (tertiary alicyclic amines) is 1. The van der Waals surface area contributed by atoms with E-state index in [-0.39, 0.29) is 16.9 Å². The number of benzene rings is 1. The van der Waals surface area contributed by atoms with E-state index >= 15 is 0 Å². The first-order valence-electron chi connectivity index (χ1n) is 9.36. The van der Waals surface area contributed by atoms with Crippen LogP contribution in [-0.2, 0) is 4.79 Å². The van der Waals surface area contributed by atoms with E-state index in [1.807, 2.05) is 17.0 Å². The molecule has 29 heavy (non-hydrogen) atoms. The number of fused-ring (bicyclic) bond motifs is 1. The number of nitrogens with one attached hydrogen (secondary N) is 1. The van der Waals surface area contributed by atoms with Gasteiger partial charge in [0.25, 0.3) is 0 Å². The summed E-state index contributed by atoms with van der Waals surface area (Å²) in [4.78, 5) is 34.4. The average molecular weight is 411 g/mol. The molecule has 2 fully saturated rings. The molecule has 1 amide bonds. The lowest BCUT2D eigenvalue weighted by Crippen LogP contribution is -2.73. The smallest absolute Gasteiger partial charge is 0.337 e. The van der Waals surface area contributed by atoms with Crippen molar-refractivity contribution < 1.29 is 14.7 Å². The van der Waals surface area contributed by atoms with Crippen molar-refractivity contribution in [1.82, 2.24) is 14.9 Å². The minimum atomic E-state index is -0.982. The highest BCUT2D eigenvalue weighted by Gasteiger charge is 2.52. The summed E-state index contributed by atoms with van der Waals surface area (Å²) in [7, 11) is 0. The Morgan fingerprint density at radius 3 is 2.59 bits per heavy atom. The van der Waals surface area contributed by atoms with Crippen LogP contribution in [0.2, 0.25) is 5.02 Å². The first-order valence-corrected chi connectivity index (χ1v) is 9.74. The van der Waals surface area contributed by atoms with Crippen LogP contribution in [0.15, 0.2) is 36.7 Å². The van der Waals surface area contributed by atoms with E-state index in [0.29, 0.717) is 15.9 Å². The maximum atomic E-state index is 11.4. The van der Waals surface area contributed by atoms with Crippen LogP contribution < -0.4 is 4.90 Å². The summed E-state index contributed by atoms with van der Waals surface area (Å²) in [5, 5.41) is 10.5. The number of carboxylic acids is 1. The van der Waals surface area contributed by atoms with Crippen molar-refractivity contribution in [2.45, 2.75) is 6.92 Å². The van der Waals surface area contributed by atoms with Crippen molar-refractivity contribution in [2.24, 2.45) is 5.41 Å². The SMILES string of the molecule is CC(=O)N1CC2(C1)CN(c1ccc(-c3cc4c(C(=O)O)c[nH]c4cc3Cl)cn1)C2. The van der Waals surface area contributed by atoms with Crippen molar-refractivity contribution in [1.29, 1.82) is 0 Å². The van der Waals surface area contributed by atoms with Crippen LogP contribution in [0, 0.1) is 5.41 Å². The molecule has 1 spiro atoms. The Balaban J connectivity index is 1.36. The van der Waals surface area contributed by atoms with Gasteiger partial charge in [-0.1, -0.05) is 11.6 Å². The van der Waals surface area contributed by atoms with Gasteiger partial charge >= 0.3 is 5.97 Å². The Labute approximate surface area is 171 Å². The largest absolute Gasteiger partial charge is 0.478 e. The normalized spacial score (nSPS) is 17.3. The minimum absolute atomic E-state index is 0.138. The Bertz CT molecular complexity index is 1140. The van der Waals surface area contributed by atoms with Gasteiger partial charge < -0.3 is 19.9 Å². The van der Waals surface area contributed by atoms with Crippen LogP contribution in [0.3, 0.4) is 0 Å². The van der Waals surface area contributed by atoms with Gasteiger partial charge in [0.1, 0.15) is 5.82 Å².